The highest BCUT2D eigenvalue weighted by molar-refractivity contribution is 7.92. The summed E-state index contributed by atoms with van der Waals surface area (Å²) in [5.74, 6) is -0.905. The molecule has 13 heteroatoms. The number of nitrogens with zero attached hydrogens (tertiary/aromatic N) is 3. The molecule has 4 rings (SSSR count). The molecular weight excluding hydrogens is 620 g/mol. The predicted molar refractivity (Wildman–Crippen MR) is 172 cm³/mol. The van der Waals surface area contributed by atoms with E-state index >= 15 is 0 Å². The first kappa shape index (κ1) is 33.7. The van der Waals surface area contributed by atoms with Crippen molar-refractivity contribution < 1.29 is 27.7 Å². The molecule has 1 unspecified atom stereocenters. The van der Waals surface area contributed by atoms with E-state index < -0.39 is 44.0 Å². The molecule has 0 aromatic heterocycles. The van der Waals surface area contributed by atoms with Gasteiger partial charge in [-0.05, 0) is 63.4 Å². The number of carbonyl (C=O) groups excluding carboxylic acids is 2. The summed E-state index contributed by atoms with van der Waals surface area (Å²) in [6.07, 6.45) is 3.73. The summed E-state index contributed by atoms with van der Waals surface area (Å²) in [7, 11) is -3.26. The average molecular weight is 657 g/mol. The molecule has 11 nitrogen and oxygen atoms in total. The number of amides is 2. The Labute approximate surface area is 268 Å². The Balaban J connectivity index is 1.78. The van der Waals surface area contributed by atoms with Gasteiger partial charge in [-0.25, -0.2) is 8.42 Å². The Morgan fingerprint density at radius 3 is 2.36 bits per heavy atom. The van der Waals surface area contributed by atoms with Gasteiger partial charge in [0.05, 0.1) is 22.6 Å². The van der Waals surface area contributed by atoms with Gasteiger partial charge in [0, 0.05) is 29.2 Å². The van der Waals surface area contributed by atoms with Crippen LogP contribution in [0.15, 0.2) is 65.6 Å². The van der Waals surface area contributed by atoms with Gasteiger partial charge < -0.3 is 15.0 Å². The summed E-state index contributed by atoms with van der Waals surface area (Å²) in [5, 5.41) is 14.9. The second kappa shape index (κ2) is 14.3. The summed E-state index contributed by atoms with van der Waals surface area (Å²) in [6, 6.07) is 14.4. The number of carbonyl (C=O) groups is 2. The maximum Gasteiger partial charge on any atom is 0.273 e. The zero-order valence-corrected chi connectivity index (χ0v) is 27.2. The molecule has 1 fully saturated rings. The minimum absolute atomic E-state index is 0.0150. The summed E-state index contributed by atoms with van der Waals surface area (Å²) in [6.45, 7) is 4.33. The lowest BCUT2D eigenvalue weighted by Gasteiger charge is -2.33. The van der Waals surface area contributed by atoms with E-state index in [1.165, 1.54) is 49.3 Å². The van der Waals surface area contributed by atoms with E-state index in [0.29, 0.717) is 0 Å². The van der Waals surface area contributed by atoms with Crippen LogP contribution in [0, 0.1) is 24.0 Å². The van der Waals surface area contributed by atoms with Crippen LogP contribution in [0.3, 0.4) is 0 Å². The minimum atomic E-state index is -4.61. The first-order valence-electron chi connectivity index (χ1n) is 14.6. The smallest absolute Gasteiger partial charge is 0.273 e. The largest absolute Gasteiger partial charge is 0.495 e. The van der Waals surface area contributed by atoms with Crippen LogP contribution in [0.25, 0.3) is 0 Å². The van der Waals surface area contributed by atoms with Gasteiger partial charge in [0.2, 0.25) is 11.8 Å². The molecule has 1 N–H and O–H groups in total. The van der Waals surface area contributed by atoms with Crippen molar-refractivity contribution >= 4 is 44.8 Å². The molecule has 2 amide bonds. The van der Waals surface area contributed by atoms with Crippen molar-refractivity contribution in [1.29, 1.82) is 0 Å². The number of halogens is 1. The molecule has 0 aliphatic heterocycles. The van der Waals surface area contributed by atoms with Crippen LogP contribution in [0.2, 0.25) is 5.02 Å². The SMILES string of the molecule is COc1ccc(Cl)cc1N(CC(=O)N(Cc1ccc(C)cc1)C(C)C(=O)NC1CCCC1)S(=O)(=O)c1ccc(C)c([N+](=O)[O-])c1. The highest BCUT2D eigenvalue weighted by Gasteiger charge is 2.35. The summed E-state index contributed by atoms with van der Waals surface area (Å²) in [4.78, 5) is 39.6. The lowest BCUT2D eigenvalue weighted by molar-refractivity contribution is -0.385. The van der Waals surface area contributed by atoms with Gasteiger partial charge in [-0.3, -0.25) is 24.0 Å². The number of methoxy groups -OCH3 is 1. The van der Waals surface area contributed by atoms with Crippen LogP contribution in [-0.2, 0) is 26.2 Å². The zero-order valence-electron chi connectivity index (χ0n) is 25.7. The minimum Gasteiger partial charge on any atom is -0.495 e. The van der Waals surface area contributed by atoms with E-state index in [1.54, 1.807) is 6.92 Å². The third-order valence-corrected chi connectivity index (χ3v) is 9.99. The number of sulfonamides is 1. The third kappa shape index (κ3) is 7.93. The summed E-state index contributed by atoms with van der Waals surface area (Å²) in [5.41, 5.74) is 1.60. The number of aryl methyl sites for hydroxylation is 2. The molecule has 0 bridgehead atoms. The fourth-order valence-corrected chi connectivity index (χ4v) is 6.91. The van der Waals surface area contributed by atoms with E-state index in [2.05, 4.69) is 5.32 Å². The van der Waals surface area contributed by atoms with Gasteiger partial charge in [0.15, 0.2) is 0 Å². The number of rotatable bonds is 12. The van der Waals surface area contributed by atoms with Crippen molar-refractivity contribution in [2.45, 2.75) is 70.0 Å². The van der Waals surface area contributed by atoms with E-state index in [4.69, 9.17) is 16.3 Å². The van der Waals surface area contributed by atoms with E-state index in [0.717, 1.165) is 47.2 Å². The number of hydrogen-bond acceptors (Lipinski definition) is 7. The fourth-order valence-electron chi connectivity index (χ4n) is 5.31. The molecule has 1 aliphatic carbocycles. The fraction of sp³-hybridized carbons (Fsp3) is 0.375. The number of benzene rings is 3. The number of hydrogen-bond donors (Lipinski definition) is 1. The highest BCUT2D eigenvalue weighted by Crippen LogP contribution is 2.36. The topological polar surface area (TPSA) is 139 Å². The molecule has 240 valence electrons. The molecule has 3 aromatic rings. The van der Waals surface area contributed by atoms with Crippen LogP contribution in [-0.4, -0.2) is 55.8 Å². The maximum absolute atomic E-state index is 14.2. The Bertz CT molecular complexity index is 1680. The molecular formula is C32H37ClN4O7S. The lowest BCUT2D eigenvalue weighted by Crippen LogP contribution is -2.52. The molecule has 0 saturated heterocycles. The Morgan fingerprint density at radius 1 is 1.07 bits per heavy atom. The van der Waals surface area contributed by atoms with E-state index in [9.17, 15) is 28.1 Å². The van der Waals surface area contributed by atoms with Crippen LogP contribution in [0.4, 0.5) is 11.4 Å². The van der Waals surface area contributed by atoms with Crippen LogP contribution >= 0.6 is 11.6 Å². The maximum atomic E-state index is 14.2. The highest BCUT2D eigenvalue weighted by atomic mass is 35.5. The first-order chi connectivity index (χ1) is 21.3. The van der Waals surface area contributed by atoms with Gasteiger partial charge in [0.1, 0.15) is 18.3 Å². The quantitative estimate of drug-likeness (QED) is 0.199. The normalized spacial score (nSPS) is 14.1. The van der Waals surface area contributed by atoms with Crippen molar-refractivity contribution in [3.63, 3.8) is 0 Å². The second-order valence-corrected chi connectivity index (χ2v) is 13.5. The summed E-state index contributed by atoms with van der Waals surface area (Å²) >= 11 is 6.28. The first-order valence-corrected chi connectivity index (χ1v) is 16.4. The Hall–Kier alpha value is -4.16. The standard InChI is InChI=1S/C32H37ClN4O7S/c1-21-9-12-24(13-10-21)19-35(23(3)32(39)34-26-7-5-6-8-26)31(38)20-36(29-17-25(33)14-16-30(29)44-4)45(42,43)27-15-11-22(2)28(18-27)37(40)41/h9-18,23,26H,5-8,19-20H2,1-4H3,(H,34,39). The molecule has 0 radical (unpaired) electrons. The monoisotopic (exact) mass is 656 g/mol. The van der Waals surface area contributed by atoms with Gasteiger partial charge in [-0.1, -0.05) is 60.3 Å². The molecule has 0 heterocycles. The number of nitro groups is 1. The molecule has 1 aliphatic rings. The predicted octanol–water partition coefficient (Wildman–Crippen LogP) is 5.55. The van der Waals surface area contributed by atoms with Crippen molar-refractivity contribution in [2.75, 3.05) is 18.0 Å². The van der Waals surface area contributed by atoms with Gasteiger partial charge in [-0.2, -0.15) is 0 Å². The molecule has 3 aromatic carbocycles. The van der Waals surface area contributed by atoms with Gasteiger partial charge in [-0.15, -0.1) is 0 Å². The average Bonchev–Trinajstić information content (AvgIpc) is 3.52. The summed E-state index contributed by atoms with van der Waals surface area (Å²) < 4.78 is 34.7. The van der Waals surface area contributed by atoms with Crippen molar-refractivity contribution in [3.8, 4) is 5.75 Å². The number of ether oxygens (including phenoxy) is 1. The number of anilines is 1. The van der Waals surface area contributed by atoms with Gasteiger partial charge in [0.25, 0.3) is 15.7 Å². The van der Waals surface area contributed by atoms with Crippen molar-refractivity contribution in [3.05, 3.63) is 92.5 Å². The van der Waals surface area contributed by atoms with Crippen LogP contribution in [0.5, 0.6) is 5.75 Å². The number of nitrogens with one attached hydrogen (secondary N) is 1. The van der Waals surface area contributed by atoms with E-state index in [-0.39, 0.29) is 40.5 Å². The zero-order chi connectivity index (χ0) is 32.9. The molecule has 45 heavy (non-hydrogen) atoms. The van der Waals surface area contributed by atoms with Crippen molar-refractivity contribution in [1.82, 2.24) is 10.2 Å². The lowest BCUT2D eigenvalue weighted by atomic mass is 10.1. The Morgan fingerprint density at radius 2 is 1.73 bits per heavy atom. The van der Waals surface area contributed by atoms with Crippen LogP contribution in [0.1, 0.15) is 49.3 Å². The molecule has 1 saturated carbocycles. The van der Waals surface area contributed by atoms with Crippen LogP contribution < -0.4 is 14.4 Å². The van der Waals surface area contributed by atoms with Gasteiger partial charge >= 0.3 is 0 Å². The third-order valence-electron chi connectivity index (χ3n) is 8.00. The van der Waals surface area contributed by atoms with E-state index in [1.807, 2.05) is 31.2 Å². The number of nitro benzene ring substituents is 1. The second-order valence-electron chi connectivity index (χ2n) is 11.2. The van der Waals surface area contributed by atoms with Crippen molar-refractivity contribution in [2.24, 2.45) is 0 Å². The molecule has 0 spiro atoms. The molecule has 1 atom stereocenters. The Kier molecular flexibility index (Phi) is 10.7.